The fraction of sp³-hybridized carbons (Fsp3) is 0.545. The quantitative estimate of drug-likeness (QED) is 0.125. The largest absolute Gasteiger partial charge is 0.472 e. The molecule has 9 atom stereocenters. The molecule has 2 unspecified atom stereocenters. The molecule has 3 saturated heterocycles. The number of nitrogens with zero attached hydrogens (tertiary/aromatic N) is 7. The molecule has 7 rings (SSSR count). The van der Waals surface area contributed by atoms with Crippen LogP contribution in [0.25, 0.3) is 22.3 Å². The molecule has 7 heterocycles. The lowest BCUT2D eigenvalue weighted by molar-refractivity contribution is -0.181. The number of aromatic amines is 1. The van der Waals surface area contributed by atoms with E-state index in [0.717, 1.165) is 18.0 Å². The number of phosphoric acid groups is 2. The van der Waals surface area contributed by atoms with E-state index in [1.807, 2.05) is 0 Å². The van der Waals surface area contributed by atoms with Gasteiger partial charge in [-0.2, -0.15) is 4.98 Å². The van der Waals surface area contributed by atoms with Gasteiger partial charge < -0.3 is 35.5 Å². The van der Waals surface area contributed by atoms with Crippen LogP contribution in [0.5, 0.6) is 0 Å². The van der Waals surface area contributed by atoms with Crippen LogP contribution in [0.3, 0.4) is 0 Å². The highest BCUT2D eigenvalue weighted by Crippen LogP contribution is 2.53. The minimum atomic E-state index is -5.12. The number of aromatic nitrogens is 8. The number of anilines is 2. The summed E-state index contributed by atoms with van der Waals surface area (Å²) in [7, 11) is -8.79. The van der Waals surface area contributed by atoms with Crippen LogP contribution >= 0.6 is 15.6 Å². The maximum Gasteiger partial charge on any atom is 0.472 e. The first kappa shape index (κ1) is 32.1. The summed E-state index contributed by atoms with van der Waals surface area (Å²) in [5.41, 5.74) is 9.99. The van der Waals surface area contributed by atoms with Crippen molar-refractivity contribution in [1.82, 2.24) is 39.0 Å². The number of H-pyrrole nitrogens is 1. The molecule has 3 fully saturated rings. The second-order valence-corrected chi connectivity index (χ2v) is 13.8. The summed E-state index contributed by atoms with van der Waals surface area (Å²) in [6.07, 6.45) is -4.64. The van der Waals surface area contributed by atoms with E-state index < -0.39 is 77.0 Å². The summed E-state index contributed by atoms with van der Waals surface area (Å²) in [5.74, 6) is -0.137. The van der Waals surface area contributed by atoms with Crippen molar-refractivity contribution >= 4 is 49.7 Å². The SMILES string of the molecule is COP(=O)(O)OC[C@H]1O[C@@H](n2cnc3c(=O)[nH]c(N)nc32)[C@H](OP(=O)(O)OC[C@]23CO[C@H](C2)[C@H](n2cnc4c(N)ncnc42)O3)[C@@H]1F. The molecule has 7 N–H and O–H groups in total. The van der Waals surface area contributed by atoms with Crippen molar-refractivity contribution in [2.45, 2.75) is 49.0 Å². The first-order valence-corrected chi connectivity index (χ1v) is 16.7. The Morgan fingerprint density at radius 2 is 1.83 bits per heavy atom. The number of nitrogens with one attached hydrogen (secondary N) is 1. The number of ether oxygens (including phenoxy) is 3. The topological polar surface area (TPSA) is 298 Å². The molecule has 0 amide bonds. The Labute approximate surface area is 261 Å². The fourth-order valence-corrected chi connectivity index (χ4v) is 7.09. The van der Waals surface area contributed by atoms with Crippen LogP contribution in [0.2, 0.25) is 0 Å². The predicted molar refractivity (Wildman–Crippen MR) is 152 cm³/mol. The zero-order chi connectivity index (χ0) is 33.3. The molecule has 0 radical (unpaired) electrons. The average molecular weight is 704 g/mol. The van der Waals surface area contributed by atoms with Crippen molar-refractivity contribution in [1.29, 1.82) is 0 Å². The molecule has 0 aliphatic carbocycles. The van der Waals surface area contributed by atoms with Gasteiger partial charge in [0.2, 0.25) is 5.95 Å². The zero-order valence-corrected chi connectivity index (χ0v) is 25.8. The van der Waals surface area contributed by atoms with Crippen molar-refractivity contribution in [3.63, 3.8) is 0 Å². The smallest absolute Gasteiger partial charge is 0.382 e. The Balaban J connectivity index is 1.10. The van der Waals surface area contributed by atoms with E-state index in [-0.39, 0.29) is 36.0 Å². The number of nitrogen functional groups attached to an aromatic ring is 2. The summed E-state index contributed by atoms with van der Waals surface area (Å²) >= 11 is 0. The number of alkyl halides is 1. The lowest BCUT2D eigenvalue weighted by Crippen LogP contribution is -2.39. The van der Waals surface area contributed by atoms with Crippen LogP contribution in [0.4, 0.5) is 16.2 Å². The Kier molecular flexibility index (Phi) is 7.92. The lowest BCUT2D eigenvalue weighted by atomic mass is 10.0. The molecule has 0 spiro atoms. The summed E-state index contributed by atoms with van der Waals surface area (Å²) in [5, 5.41) is 0. The average Bonchev–Trinajstić information content (AvgIpc) is 3.85. The first-order chi connectivity index (χ1) is 22.3. The van der Waals surface area contributed by atoms with Gasteiger partial charge in [0.25, 0.3) is 5.56 Å². The van der Waals surface area contributed by atoms with E-state index in [1.54, 1.807) is 4.57 Å². The molecule has 4 aromatic heterocycles. The zero-order valence-electron chi connectivity index (χ0n) is 24.1. The minimum absolute atomic E-state index is 0.00160. The van der Waals surface area contributed by atoms with Gasteiger partial charge in [-0.05, 0) is 0 Å². The van der Waals surface area contributed by atoms with Crippen LogP contribution in [0.1, 0.15) is 18.9 Å². The maximum atomic E-state index is 15.9. The highest BCUT2D eigenvalue weighted by Gasteiger charge is 2.56. The molecule has 3 aliphatic heterocycles. The van der Waals surface area contributed by atoms with Gasteiger partial charge in [-0.1, -0.05) is 0 Å². The van der Waals surface area contributed by atoms with E-state index in [0.29, 0.717) is 11.2 Å². The van der Waals surface area contributed by atoms with Crippen molar-refractivity contribution in [2.75, 3.05) is 38.4 Å². The number of phosphoric ester groups is 2. The third-order valence-corrected chi connectivity index (χ3v) is 9.75. The normalized spacial score (nSPS) is 31.5. The Morgan fingerprint density at radius 3 is 2.60 bits per heavy atom. The maximum absolute atomic E-state index is 15.9. The highest BCUT2D eigenvalue weighted by molar-refractivity contribution is 7.47. The first-order valence-electron chi connectivity index (χ1n) is 13.7. The van der Waals surface area contributed by atoms with Crippen LogP contribution in [0, 0.1) is 0 Å². The van der Waals surface area contributed by atoms with Crippen molar-refractivity contribution < 1.29 is 55.6 Å². The molecule has 254 valence electrons. The number of fused-ring (bicyclic) bond motifs is 4. The number of hydrogen-bond acceptors (Lipinski definition) is 17. The van der Waals surface area contributed by atoms with Gasteiger partial charge in [-0.15, -0.1) is 0 Å². The number of nitrogens with two attached hydrogens (primary N) is 2. The molecule has 2 bridgehead atoms. The van der Waals surface area contributed by atoms with Crippen LogP contribution in [-0.4, -0.2) is 106 Å². The summed E-state index contributed by atoms with van der Waals surface area (Å²) in [6.45, 7) is -1.35. The Morgan fingerprint density at radius 1 is 1.09 bits per heavy atom. The van der Waals surface area contributed by atoms with Crippen molar-refractivity contribution in [3.05, 3.63) is 29.3 Å². The van der Waals surface area contributed by atoms with E-state index in [1.165, 1.54) is 12.7 Å². The van der Waals surface area contributed by atoms with Gasteiger partial charge in [0, 0.05) is 13.5 Å². The summed E-state index contributed by atoms with van der Waals surface area (Å²) in [4.78, 5) is 55.3. The highest BCUT2D eigenvalue weighted by atomic mass is 31.2. The summed E-state index contributed by atoms with van der Waals surface area (Å²) < 4.78 is 81.2. The number of halogens is 1. The Hall–Kier alpha value is -3.47. The van der Waals surface area contributed by atoms with Crippen LogP contribution in [0.15, 0.2) is 23.8 Å². The van der Waals surface area contributed by atoms with E-state index >= 15 is 4.39 Å². The fourth-order valence-electron chi connectivity index (χ4n) is 5.67. The van der Waals surface area contributed by atoms with Gasteiger partial charge in [-0.25, -0.2) is 33.5 Å². The van der Waals surface area contributed by atoms with Gasteiger partial charge in [0.15, 0.2) is 41.3 Å². The number of imidazole rings is 2. The monoisotopic (exact) mass is 704 g/mol. The van der Waals surface area contributed by atoms with Crippen LogP contribution < -0.4 is 17.0 Å². The lowest BCUT2D eigenvalue weighted by Gasteiger charge is -2.31. The van der Waals surface area contributed by atoms with Gasteiger partial charge in [0.1, 0.15) is 35.8 Å². The Bertz CT molecular complexity index is 1990. The standard InChI is InChI=1S/C22H27FN10O12P2/c1-39-46(35,36)41-3-10-11(23)14(20(43-10)33-8-29-13-17(33)30-21(25)31-18(13)34)45-47(37,38)42-5-22-2-9(40-4-22)19(44-22)32-7-28-12-15(24)26-6-27-16(12)32/h6-11,14,19-20H,2-5H2,1H3,(H,35,36)(H,37,38)(H2,24,26,27)(H3,25,30,31,34)/t9-,10-,11-,14-,19-,20-,22-/m1/s1. The van der Waals surface area contributed by atoms with Crippen molar-refractivity contribution in [2.24, 2.45) is 0 Å². The molecule has 25 heteroatoms. The molecule has 0 saturated carbocycles. The van der Waals surface area contributed by atoms with Gasteiger partial charge in [0.05, 0.1) is 32.5 Å². The van der Waals surface area contributed by atoms with Crippen molar-refractivity contribution in [3.8, 4) is 0 Å². The van der Waals surface area contributed by atoms with E-state index in [9.17, 15) is 23.7 Å². The molecular formula is C22H27FN10O12P2. The molecule has 0 aromatic carbocycles. The third-order valence-electron chi connectivity index (χ3n) is 7.85. The molecule has 4 aromatic rings. The predicted octanol–water partition coefficient (Wildman–Crippen LogP) is -0.318. The van der Waals surface area contributed by atoms with E-state index in [2.05, 4.69) is 34.4 Å². The number of hydrogen-bond donors (Lipinski definition) is 5. The third kappa shape index (κ3) is 5.82. The molecular weight excluding hydrogens is 677 g/mol. The number of rotatable bonds is 11. The minimum Gasteiger partial charge on any atom is -0.382 e. The van der Waals surface area contributed by atoms with Crippen LogP contribution in [-0.2, 0) is 41.4 Å². The second-order valence-electron chi connectivity index (χ2n) is 10.9. The molecule has 22 nitrogen and oxygen atoms in total. The summed E-state index contributed by atoms with van der Waals surface area (Å²) in [6, 6.07) is 0. The van der Waals surface area contributed by atoms with Gasteiger partial charge >= 0.3 is 15.6 Å². The second kappa shape index (κ2) is 11.6. The van der Waals surface area contributed by atoms with E-state index in [4.69, 9.17) is 39.2 Å². The van der Waals surface area contributed by atoms with Gasteiger partial charge in [-0.3, -0.25) is 37.0 Å². The molecule has 47 heavy (non-hydrogen) atoms. The molecule has 3 aliphatic rings.